The van der Waals surface area contributed by atoms with Gasteiger partial charge in [-0.2, -0.15) is 0 Å². The van der Waals surface area contributed by atoms with Crippen molar-refractivity contribution in [3.8, 4) is 5.75 Å². The summed E-state index contributed by atoms with van der Waals surface area (Å²) in [5.41, 5.74) is 2.36. The Kier molecular flexibility index (Phi) is 5.93. The molecule has 0 aromatic heterocycles. The Labute approximate surface area is 173 Å². The maximum atomic E-state index is 12.8. The van der Waals surface area contributed by atoms with Crippen LogP contribution in [0.1, 0.15) is 63.4 Å². The monoisotopic (exact) mass is 396 g/mol. The van der Waals surface area contributed by atoms with Crippen LogP contribution in [0.25, 0.3) is 0 Å². The SMILES string of the molecule is COc1ccc(CN2C(=O)CCC23CCN(C(=O)CC2=CCCCC2)CC3)cc1. The van der Waals surface area contributed by atoms with Crippen molar-refractivity contribution in [3.05, 3.63) is 41.5 Å². The highest BCUT2D eigenvalue weighted by atomic mass is 16.5. The smallest absolute Gasteiger partial charge is 0.226 e. The fourth-order valence-electron chi connectivity index (χ4n) is 5.11. The number of ether oxygens (including phenoxy) is 1. The molecule has 0 saturated carbocycles. The molecule has 1 aromatic rings. The summed E-state index contributed by atoms with van der Waals surface area (Å²) < 4.78 is 5.24. The number of piperidine rings is 1. The zero-order chi connectivity index (χ0) is 20.3. The lowest BCUT2D eigenvalue weighted by molar-refractivity contribution is -0.136. The van der Waals surface area contributed by atoms with E-state index in [9.17, 15) is 9.59 Å². The van der Waals surface area contributed by atoms with Gasteiger partial charge in [0.05, 0.1) is 7.11 Å². The molecule has 3 aliphatic rings. The van der Waals surface area contributed by atoms with Crippen LogP contribution in [0.3, 0.4) is 0 Å². The summed E-state index contributed by atoms with van der Waals surface area (Å²) >= 11 is 0. The number of benzene rings is 1. The summed E-state index contributed by atoms with van der Waals surface area (Å²) in [6.07, 6.45) is 10.8. The summed E-state index contributed by atoms with van der Waals surface area (Å²) in [6.45, 7) is 2.17. The zero-order valence-electron chi connectivity index (χ0n) is 17.5. The molecule has 5 nitrogen and oxygen atoms in total. The molecule has 0 unspecified atom stereocenters. The molecular formula is C24H32N2O3. The van der Waals surface area contributed by atoms with Gasteiger partial charge in [0.2, 0.25) is 11.8 Å². The number of hydrogen-bond acceptors (Lipinski definition) is 3. The van der Waals surface area contributed by atoms with E-state index in [1.54, 1.807) is 7.11 Å². The molecule has 2 amide bonds. The average molecular weight is 397 g/mol. The third kappa shape index (κ3) is 4.34. The summed E-state index contributed by atoms with van der Waals surface area (Å²) in [6, 6.07) is 7.97. The fraction of sp³-hybridized carbons (Fsp3) is 0.583. The first-order valence-corrected chi connectivity index (χ1v) is 11.0. The van der Waals surface area contributed by atoms with E-state index >= 15 is 0 Å². The molecule has 2 fully saturated rings. The van der Waals surface area contributed by atoms with Crippen LogP contribution in [0.2, 0.25) is 0 Å². The molecule has 1 spiro atoms. The van der Waals surface area contributed by atoms with Crippen LogP contribution in [0.4, 0.5) is 0 Å². The van der Waals surface area contributed by atoms with Gasteiger partial charge >= 0.3 is 0 Å². The number of amides is 2. The van der Waals surface area contributed by atoms with Gasteiger partial charge in [0.1, 0.15) is 5.75 Å². The van der Waals surface area contributed by atoms with Gasteiger partial charge in [0, 0.05) is 38.0 Å². The van der Waals surface area contributed by atoms with Gasteiger partial charge in [-0.05, 0) is 62.6 Å². The first-order chi connectivity index (χ1) is 14.1. The molecule has 1 aromatic carbocycles. The maximum absolute atomic E-state index is 12.8. The summed E-state index contributed by atoms with van der Waals surface area (Å²) in [7, 11) is 1.66. The molecular weight excluding hydrogens is 364 g/mol. The first kappa shape index (κ1) is 20.0. The van der Waals surface area contributed by atoms with Crippen molar-refractivity contribution < 1.29 is 14.3 Å². The number of hydrogen-bond donors (Lipinski definition) is 0. The Balaban J connectivity index is 1.38. The van der Waals surface area contributed by atoms with Crippen molar-refractivity contribution in [2.75, 3.05) is 20.2 Å². The summed E-state index contributed by atoms with van der Waals surface area (Å²) in [5, 5.41) is 0. The van der Waals surface area contributed by atoms with E-state index in [0.29, 0.717) is 19.4 Å². The largest absolute Gasteiger partial charge is 0.497 e. The van der Waals surface area contributed by atoms with Gasteiger partial charge in [-0.25, -0.2) is 0 Å². The molecule has 0 atom stereocenters. The molecule has 0 radical (unpaired) electrons. The lowest BCUT2D eigenvalue weighted by atomic mass is 9.84. The second-order valence-corrected chi connectivity index (χ2v) is 8.72. The Bertz CT molecular complexity index is 776. The van der Waals surface area contributed by atoms with Gasteiger partial charge in [0.25, 0.3) is 0 Å². The fourth-order valence-corrected chi connectivity index (χ4v) is 5.11. The van der Waals surface area contributed by atoms with Crippen LogP contribution in [0, 0.1) is 0 Å². The third-order valence-corrected chi connectivity index (χ3v) is 6.99. The lowest BCUT2D eigenvalue weighted by Crippen LogP contribution is -2.53. The van der Waals surface area contributed by atoms with Crippen LogP contribution >= 0.6 is 0 Å². The van der Waals surface area contributed by atoms with Gasteiger partial charge in [-0.1, -0.05) is 23.8 Å². The number of carbonyl (C=O) groups is 2. The van der Waals surface area contributed by atoms with E-state index in [2.05, 4.69) is 11.0 Å². The highest BCUT2D eigenvalue weighted by Crippen LogP contribution is 2.40. The maximum Gasteiger partial charge on any atom is 0.226 e. The van der Waals surface area contributed by atoms with E-state index < -0.39 is 0 Å². The van der Waals surface area contributed by atoms with Gasteiger partial charge < -0.3 is 14.5 Å². The second kappa shape index (κ2) is 8.60. The minimum atomic E-state index is -0.0854. The van der Waals surface area contributed by atoms with Gasteiger partial charge in [-0.3, -0.25) is 9.59 Å². The number of allylic oxidation sites excluding steroid dienone is 1. The van der Waals surface area contributed by atoms with Crippen LogP contribution in [0.15, 0.2) is 35.9 Å². The normalized spacial score (nSPS) is 21.4. The van der Waals surface area contributed by atoms with E-state index in [-0.39, 0.29) is 17.4 Å². The van der Waals surface area contributed by atoms with Gasteiger partial charge in [-0.15, -0.1) is 0 Å². The Morgan fingerprint density at radius 1 is 1.07 bits per heavy atom. The van der Waals surface area contributed by atoms with Crippen LogP contribution < -0.4 is 4.74 Å². The predicted molar refractivity (Wildman–Crippen MR) is 112 cm³/mol. The molecule has 2 heterocycles. The summed E-state index contributed by atoms with van der Waals surface area (Å²) in [4.78, 5) is 29.5. The highest BCUT2D eigenvalue weighted by molar-refractivity contribution is 5.81. The predicted octanol–water partition coefficient (Wildman–Crippen LogP) is 4.07. The first-order valence-electron chi connectivity index (χ1n) is 11.0. The number of carbonyl (C=O) groups excluding carboxylic acids is 2. The van der Waals surface area contributed by atoms with Crippen molar-refractivity contribution in [1.29, 1.82) is 0 Å². The second-order valence-electron chi connectivity index (χ2n) is 8.72. The molecule has 5 heteroatoms. The standard InChI is InChI=1S/C24H32N2O3/c1-29-21-9-7-20(8-10-21)18-26-22(27)11-12-24(26)13-15-25(16-14-24)23(28)17-19-5-3-2-4-6-19/h5,7-10H,2-4,6,11-18H2,1H3. The molecule has 0 bridgehead atoms. The molecule has 2 saturated heterocycles. The molecule has 4 rings (SSSR count). The third-order valence-electron chi connectivity index (χ3n) is 6.99. The Morgan fingerprint density at radius 3 is 2.48 bits per heavy atom. The topological polar surface area (TPSA) is 49.9 Å². The molecule has 1 aliphatic carbocycles. The molecule has 2 aliphatic heterocycles. The number of rotatable bonds is 5. The highest BCUT2D eigenvalue weighted by Gasteiger charge is 2.47. The van der Waals surface area contributed by atoms with Crippen molar-refractivity contribution in [1.82, 2.24) is 9.80 Å². The molecule has 29 heavy (non-hydrogen) atoms. The van der Waals surface area contributed by atoms with Crippen LogP contribution in [-0.4, -0.2) is 47.4 Å². The zero-order valence-corrected chi connectivity index (χ0v) is 17.5. The van der Waals surface area contributed by atoms with Crippen molar-refractivity contribution in [3.63, 3.8) is 0 Å². The van der Waals surface area contributed by atoms with Crippen LogP contribution in [-0.2, 0) is 16.1 Å². The van der Waals surface area contributed by atoms with Crippen molar-refractivity contribution in [2.45, 2.75) is 69.9 Å². The average Bonchev–Trinajstić information content (AvgIpc) is 3.05. The van der Waals surface area contributed by atoms with E-state index in [0.717, 1.165) is 56.5 Å². The van der Waals surface area contributed by atoms with E-state index in [1.165, 1.54) is 18.4 Å². The van der Waals surface area contributed by atoms with Crippen molar-refractivity contribution in [2.24, 2.45) is 0 Å². The molecule has 156 valence electrons. The Hall–Kier alpha value is -2.30. The number of likely N-dealkylation sites (tertiary alicyclic amines) is 2. The van der Waals surface area contributed by atoms with E-state index in [4.69, 9.17) is 4.74 Å². The molecule has 0 N–H and O–H groups in total. The quantitative estimate of drug-likeness (QED) is 0.705. The minimum absolute atomic E-state index is 0.0854. The number of methoxy groups -OCH3 is 1. The van der Waals surface area contributed by atoms with Crippen molar-refractivity contribution >= 4 is 11.8 Å². The van der Waals surface area contributed by atoms with Crippen LogP contribution in [0.5, 0.6) is 5.75 Å². The lowest BCUT2D eigenvalue weighted by Gasteiger charge is -2.45. The van der Waals surface area contributed by atoms with E-state index in [1.807, 2.05) is 29.2 Å². The Morgan fingerprint density at radius 2 is 1.83 bits per heavy atom. The minimum Gasteiger partial charge on any atom is -0.497 e. The summed E-state index contributed by atoms with van der Waals surface area (Å²) in [5.74, 6) is 1.34. The number of nitrogens with zero attached hydrogens (tertiary/aromatic N) is 2. The van der Waals surface area contributed by atoms with Gasteiger partial charge in [0.15, 0.2) is 0 Å².